The van der Waals surface area contributed by atoms with E-state index < -0.39 is 16.0 Å². The van der Waals surface area contributed by atoms with Gasteiger partial charge in [0.15, 0.2) is 0 Å². The van der Waals surface area contributed by atoms with Crippen LogP contribution < -0.4 is 4.31 Å². The lowest BCUT2D eigenvalue weighted by atomic mass is 10.1. The van der Waals surface area contributed by atoms with Crippen LogP contribution in [0.5, 0.6) is 0 Å². The second-order valence-corrected chi connectivity index (χ2v) is 7.39. The first-order valence-electron chi connectivity index (χ1n) is 7.77. The number of anilines is 1. The molecule has 0 saturated heterocycles. The van der Waals surface area contributed by atoms with Gasteiger partial charge in [-0.3, -0.25) is 9.10 Å². The lowest BCUT2D eigenvalue weighted by molar-refractivity contribution is -0.136. The Bertz CT molecular complexity index is 995. The van der Waals surface area contributed by atoms with Crippen molar-refractivity contribution in [2.24, 2.45) is 0 Å². The fourth-order valence-electron chi connectivity index (χ4n) is 2.71. The number of benzene rings is 3. The molecule has 0 bridgehead atoms. The van der Waals surface area contributed by atoms with Crippen molar-refractivity contribution in [3.8, 4) is 0 Å². The molecule has 0 amide bonds. The lowest BCUT2D eigenvalue weighted by Crippen LogP contribution is -2.33. The van der Waals surface area contributed by atoms with Gasteiger partial charge >= 0.3 is 5.97 Å². The summed E-state index contributed by atoms with van der Waals surface area (Å²) in [6, 6.07) is 20.8. The Balaban J connectivity index is 2.16. The third kappa shape index (κ3) is 3.49. The summed E-state index contributed by atoms with van der Waals surface area (Å²) in [6.07, 6.45) is -0.282. The summed E-state index contributed by atoms with van der Waals surface area (Å²) in [7, 11) is -3.87. The zero-order valence-corrected chi connectivity index (χ0v) is 14.2. The highest BCUT2D eigenvalue weighted by atomic mass is 32.2. The predicted molar refractivity (Wildman–Crippen MR) is 97.2 cm³/mol. The van der Waals surface area contributed by atoms with E-state index in [4.69, 9.17) is 5.11 Å². The normalized spacial score (nSPS) is 11.4. The molecule has 128 valence electrons. The third-order valence-corrected chi connectivity index (χ3v) is 5.72. The van der Waals surface area contributed by atoms with Gasteiger partial charge in [0.1, 0.15) is 0 Å². The van der Waals surface area contributed by atoms with Crippen LogP contribution in [0.25, 0.3) is 10.8 Å². The SMILES string of the molecule is O=C(O)CCN(c1cccc2ccccc12)S(=O)(=O)c1ccccc1. The van der Waals surface area contributed by atoms with Crippen molar-refractivity contribution in [2.45, 2.75) is 11.3 Å². The standard InChI is InChI=1S/C19H17NO4S/c21-19(22)13-14-20(25(23,24)16-9-2-1-3-10-16)18-12-6-8-15-7-4-5-11-17(15)18/h1-12H,13-14H2,(H,21,22). The van der Waals surface area contributed by atoms with Gasteiger partial charge in [-0.25, -0.2) is 8.42 Å². The van der Waals surface area contributed by atoms with Gasteiger partial charge in [0, 0.05) is 11.9 Å². The molecule has 0 spiro atoms. The molecule has 1 N–H and O–H groups in total. The predicted octanol–water partition coefficient (Wildman–Crippen LogP) is 3.51. The number of rotatable bonds is 6. The van der Waals surface area contributed by atoms with Gasteiger partial charge in [0.25, 0.3) is 10.0 Å². The summed E-state index contributed by atoms with van der Waals surface area (Å²) in [6.45, 7) is -0.138. The number of aliphatic carboxylic acids is 1. The third-order valence-electron chi connectivity index (χ3n) is 3.90. The molecule has 0 aromatic heterocycles. The van der Waals surface area contributed by atoms with E-state index in [0.29, 0.717) is 5.69 Å². The Labute approximate surface area is 146 Å². The molecule has 0 unspecified atom stereocenters. The van der Waals surface area contributed by atoms with E-state index in [1.54, 1.807) is 30.3 Å². The highest BCUT2D eigenvalue weighted by Gasteiger charge is 2.26. The highest BCUT2D eigenvalue weighted by Crippen LogP contribution is 2.31. The van der Waals surface area contributed by atoms with Gasteiger partial charge in [0.2, 0.25) is 0 Å². The first-order chi connectivity index (χ1) is 12.0. The van der Waals surface area contributed by atoms with Crippen LogP contribution in [-0.4, -0.2) is 26.0 Å². The van der Waals surface area contributed by atoms with Crippen LogP contribution in [0.2, 0.25) is 0 Å². The average molecular weight is 355 g/mol. The van der Waals surface area contributed by atoms with Crippen LogP contribution in [-0.2, 0) is 14.8 Å². The molecule has 0 aliphatic rings. The molecule has 3 aromatic carbocycles. The van der Waals surface area contributed by atoms with Crippen molar-refractivity contribution < 1.29 is 18.3 Å². The quantitative estimate of drug-likeness (QED) is 0.734. The summed E-state index contributed by atoms with van der Waals surface area (Å²) in [5.41, 5.74) is 0.475. The van der Waals surface area contributed by atoms with Gasteiger partial charge in [0.05, 0.1) is 17.0 Å². The van der Waals surface area contributed by atoms with E-state index in [1.165, 1.54) is 16.4 Å². The van der Waals surface area contributed by atoms with Gasteiger partial charge in [-0.15, -0.1) is 0 Å². The minimum atomic E-state index is -3.87. The Morgan fingerprint density at radius 1 is 0.880 bits per heavy atom. The Morgan fingerprint density at radius 3 is 2.24 bits per heavy atom. The molecule has 0 saturated carbocycles. The second kappa shape index (κ2) is 6.94. The van der Waals surface area contributed by atoms with Crippen molar-refractivity contribution >= 4 is 32.5 Å². The number of carboxylic acids is 1. The van der Waals surface area contributed by atoms with E-state index in [1.807, 2.05) is 30.3 Å². The van der Waals surface area contributed by atoms with Crippen LogP contribution in [0.3, 0.4) is 0 Å². The van der Waals surface area contributed by atoms with Crippen LogP contribution in [0.1, 0.15) is 6.42 Å². The summed E-state index contributed by atoms with van der Waals surface area (Å²) < 4.78 is 27.4. The minimum absolute atomic E-state index is 0.133. The molecule has 5 nitrogen and oxygen atoms in total. The number of fused-ring (bicyclic) bond motifs is 1. The molecule has 6 heteroatoms. The summed E-state index contributed by atoms with van der Waals surface area (Å²) in [4.78, 5) is 11.2. The fourth-order valence-corrected chi connectivity index (χ4v) is 4.22. The Hall–Kier alpha value is -2.86. The molecule has 0 fully saturated rings. The van der Waals surface area contributed by atoms with Gasteiger partial charge in [-0.2, -0.15) is 0 Å². The zero-order chi connectivity index (χ0) is 17.9. The lowest BCUT2D eigenvalue weighted by Gasteiger charge is -2.25. The molecule has 0 radical (unpaired) electrons. The first-order valence-corrected chi connectivity index (χ1v) is 9.21. The van der Waals surface area contributed by atoms with Crippen molar-refractivity contribution in [1.82, 2.24) is 0 Å². The maximum absolute atomic E-state index is 13.1. The molecule has 3 rings (SSSR count). The molecular formula is C19H17NO4S. The molecule has 0 aliphatic heterocycles. The topological polar surface area (TPSA) is 74.7 Å². The highest BCUT2D eigenvalue weighted by molar-refractivity contribution is 7.92. The van der Waals surface area contributed by atoms with Crippen LogP contribution in [0.15, 0.2) is 77.7 Å². The molecule has 3 aromatic rings. The van der Waals surface area contributed by atoms with Crippen molar-refractivity contribution in [3.05, 3.63) is 72.8 Å². The van der Waals surface area contributed by atoms with Crippen LogP contribution in [0, 0.1) is 0 Å². The van der Waals surface area contributed by atoms with Crippen molar-refractivity contribution in [2.75, 3.05) is 10.8 Å². The summed E-state index contributed by atoms with van der Waals surface area (Å²) in [5, 5.41) is 10.7. The van der Waals surface area contributed by atoms with Crippen molar-refractivity contribution in [3.63, 3.8) is 0 Å². The van der Waals surface area contributed by atoms with E-state index in [0.717, 1.165) is 10.8 Å². The smallest absolute Gasteiger partial charge is 0.305 e. The molecule has 0 aliphatic carbocycles. The van der Waals surface area contributed by atoms with E-state index in [-0.39, 0.29) is 17.9 Å². The molecule has 0 atom stereocenters. The minimum Gasteiger partial charge on any atom is -0.481 e. The second-order valence-electron chi connectivity index (χ2n) is 5.53. The Morgan fingerprint density at radius 2 is 1.52 bits per heavy atom. The van der Waals surface area contributed by atoms with Crippen molar-refractivity contribution in [1.29, 1.82) is 0 Å². The maximum Gasteiger partial charge on any atom is 0.305 e. The first kappa shape index (κ1) is 17.0. The summed E-state index contributed by atoms with van der Waals surface area (Å²) >= 11 is 0. The van der Waals surface area contributed by atoms with E-state index >= 15 is 0 Å². The average Bonchev–Trinajstić information content (AvgIpc) is 2.62. The summed E-state index contributed by atoms with van der Waals surface area (Å²) in [5.74, 6) is -1.05. The number of hydrogen-bond donors (Lipinski definition) is 1. The van der Waals surface area contributed by atoms with Gasteiger partial charge in [-0.05, 0) is 23.6 Å². The van der Waals surface area contributed by atoms with E-state index in [2.05, 4.69) is 0 Å². The number of hydrogen-bond acceptors (Lipinski definition) is 3. The fraction of sp³-hybridized carbons (Fsp3) is 0.105. The maximum atomic E-state index is 13.1. The number of nitrogens with zero attached hydrogens (tertiary/aromatic N) is 1. The van der Waals surface area contributed by atoms with Crippen LogP contribution in [0.4, 0.5) is 5.69 Å². The number of carboxylic acid groups (broad SMARTS) is 1. The number of carbonyl (C=O) groups is 1. The Kier molecular flexibility index (Phi) is 4.72. The van der Waals surface area contributed by atoms with E-state index in [9.17, 15) is 13.2 Å². The monoisotopic (exact) mass is 355 g/mol. The van der Waals surface area contributed by atoms with Gasteiger partial charge in [-0.1, -0.05) is 54.6 Å². The molecule has 25 heavy (non-hydrogen) atoms. The molecular weight excluding hydrogens is 338 g/mol. The largest absolute Gasteiger partial charge is 0.481 e. The van der Waals surface area contributed by atoms with Gasteiger partial charge < -0.3 is 5.11 Å². The zero-order valence-electron chi connectivity index (χ0n) is 13.4. The molecule has 0 heterocycles. The van der Waals surface area contributed by atoms with Crippen LogP contribution >= 0.6 is 0 Å². The number of sulfonamides is 1.